The van der Waals surface area contributed by atoms with Crippen molar-refractivity contribution in [3.05, 3.63) is 17.8 Å². The highest BCUT2D eigenvalue weighted by Crippen LogP contribution is 2.12. The molecule has 1 saturated heterocycles. The molecule has 2 heterocycles. The van der Waals surface area contributed by atoms with Gasteiger partial charge in [0, 0.05) is 41.9 Å². The van der Waals surface area contributed by atoms with Crippen LogP contribution in [0.2, 0.25) is 0 Å². The van der Waals surface area contributed by atoms with Gasteiger partial charge in [0.15, 0.2) is 5.82 Å². The van der Waals surface area contributed by atoms with Crippen molar-refractivity contribution in [3.8, 4) is 0 Å². The number of hydrogen-bond acceptors (Lipinski definition) is 5. The van der Waals surface area contributed by atoms with Crippen LogP contribution in [0.4, 0.5) is 5.82 Å². The maximum Gasteiger partial charge on any atom is 0.151 e. The molecule has 6 heteroatoms. The van der Waals surface area contributed by atoms with Gasteiger partial charge < -0.3 is 10.2 Å². The Labute approximate surface area is 110 Å². The van der Waals surface area contributed by atoms with Gasteiger partial charge in [-0.2, -0.15) is 5.10 Å². The number of aromatic nitrogens is 2. The fourth-order valence-corrected chi connectivity index (χ4v) is 2.93. The summed E-state index contributed by atoms with van der Waals surface area (Å²) in [7, 11) is -0.644. The molecular weight excluding hydrogens is 248 g/mol. The molecule has 18 heavy (non-hydrogen) atoms. The van der Waals surface area contributed by atoms with Crippen LogP contribution in [-0.4, -0.2) is 45.5 Å². The zero-order valence-corrected chi connectivity index (χ0v) is 11.6. The van der Waals surface area contributed by atoms with Gasteiger partial charge in [-0.1, -0.05) is 6.92 Å². The van der Waals surface area contributed by atoms with E-state index in [1.54, 1.807) is 0 Å². The molecule has 1 fully saturated rings. The lowest BCUT2D eigenvalue weighted by atomic mass is 10.3. The molecule has 1 N–H and O–H groups in total. The lowest BCUT2D eigenvalue weighted by Gasteiger charge is -2.26. The lowest BCUT2D eigenvalue weighted by Crippen LogP contribution is -2.38. The third kappa shape index (κ3) is 3.74. The summed E-state index contributed by atoms with van der Waals surface area (Å²) >= 11 is 0. The third-order valence-corrected chi connectivity index (χ3v) is 4.22. The first-order chi connectivity index (χ1) is 8.79. The van der Waals surface area contributed by atoms with Crippen molar-refractivity contribution < 1.29 is 4.21 Å². The quantitative estimate of drug-likeness (QED) is 0.790. The Morgan fingerprint density at radius 2 is 2.11 bits per heavy atom. The zero-order valence-electron chi connectivity index (χ0n) is 10.8. The predicted octanol–water partition coefficient (Wildman–Crippen LogP) is 0.545. The van der Waals surface area contributed by atoms with Crippen molar-refractivity contribution >= 4 is 16.6 Å². The molecule has 0 aromatic carbocycles. The molecule has 0 unspecified atom stereocenters. The Kier molecular flexibility index (Phi) is 5.07. The standard InChI is InChI=1S/C12H20N4OS/c1-2-5-13-10-11-3-4-12(15-14-11)16-6-8-18(17)9-7-16/h3-4,13H,2,5-10H2,1H3. The van der Waals surface area contributed by atoms with E-state index in [2.05, 4.69) is 27.3 Å². The van der Waals surface area contributed by atoms with Gasteiger partial charge in [-0.25, -0.2) is 0 Å². The van der Waals surface area contributed by atoms with Gasteiger partial charge in [0.25, 0.3) is 0 Å². The molecule has 0 bridgehead atoms. The van der Waals surface area contributed by atoms with E-state index in [-0.39, 0.29) is 0 Å². The van der Waals surface area contributed by atoms with Crippen LogP contribution < -0.4 is 10.2 Å². The van der Waals surface area contributed by atoms with E-state index in [4.69, 9.17) is 0 Å². The summed E-state index contributed by atoms with van der Waals surface area (Å²) in [6.07, 6.45) is 1.12. The van der Waals surface area contributed by atoms with E-state index >= 15 is 0 Å². The van der Waals surface area contributed by atoms with Crippen LogP contribution in [0.15, 0.2) is 12.1 Å². The van der Waals surface area contributed by atoms with E-state index in [0.717, 1.165) is 55.6 Å². The molecule has 1 aliphatic rings. The normalized spacial score (nSPS) is 17.1. The molecule has 1 aromatic rings. The first-order valence-electron chi connectivity index (χ1n) is 6.43. The number of rotatable bonds is 5. The molecule has 2 rings (SSSR count). The summed E-state index contributed by atoms with van der Waals surface area (Å²) in [6.45, 7) is 5.54. The Morgan fingerprint density at radius 3 is 2.72 bits per heavy atom. The fraction of sp³-hybridized carbons (Fsp3) is 0.667. The van der Waals surface area contributed by atoms with Crippen molar-refractivity contribution in [2.24, 2.45) is 0 Å². The first kappa shape index (κ1) is 13.4. The minimum Gasteiger partial charge on any atom is -0.353 e. The van der Waals surface area contributed by atoms with Crippen molar-refractivity contribution in [1.82, 2.24) is 15.5 Å². The van der Waals surface area contributed by atoms with Crippen LogP contribution >= 0.6 is 0 Å². The average molecular weight is 268 g/mol. The number of nitrogens with one attached hydrogen (secondary N) is 1. The Bertz CT molecular complexity index is 386. The minimum atomic E-state index is -0.644. The first-order valence-corrected chi connectivity index (χ1v) is 7.91. The van der Waals surface area contributed by atoms with Gasteiger partial charge >= 0.3 is 0 Å². The molecular formula is C12H20N4OS. The molecule has 0 aliphatic carbocycles. The molecule has 0 radical (unpaired) electrons. The molecule has 1 aliphatic heterocycles. The molecule has 5 nitrogen and oxygen atoms in total. The Hall–Kier alpha value is -1.01. The minimum absolute atomic E-state index is 0.644. The maximum atomic E-state index is 11.3. The fourth-order valence-electron chi connectivity index (χ4n) is 1.88. The summed E-state index contributed by atoms with van der Waals surface area (Å²) in [6, 6.07) is 4.01. The van der Waals surface area contributed by atoms with Gasteiger partial charge in [0.2, 0.25) is 0 Å². The number of nitrogens with zero attached hydrogens (tertiary/aromatic N) is 3. The monoisotopic (exact) mass is 268 g/mol. The van der Waals surface area contributed by atoms with Crippen molar-refractivity contribution in [2.45, 2.75) is 19.9 Å². The Balaban J connectivity index is 1.89. The molecule has 100 valence electrons. The van der Waals surface area contributed by atoms with Gasteiger partial charge in [-0.05, 0) is 25.1 Å². The number of hydrogen-bond donors (Lipinski definition) is 1. The summed E-state index contributed by atoms with van der Waals surface area (Å²) in [4.78, 5) is 2.15. The van der Waals surface area contributed by atoms with Crippen molar-refractivity contribution in [3.63, 3.8) is 0 Å². The third-order valence-electron chi connectivity index (χ3n) is 2.94. The van der Waals surface area contributed by atoms with E-state index < -0.39 is 10.8 Å². The highest BCUT2D eigenvalue weighted by Gasteiger charge is 2.16. The second-order valence-corrected chi connectivity index (χ2v) is 6.09. The number of anilines is 1. The van der Waals surface area contributed by atoms with Crippen molar-refractivity contribution in [1.29, 1.82) is 0 Å². The van der Waals surface area contributed by atoms with E-state index in [1.807, 2.05) is 12.1 Å². The van der Waals surface area contributed by atoms with Crippen LogP contribution in [0, 0.1) is 0 Å². The summed E-state index contributed by atoms with van der Waals surface area (Å²) in [5.41, 5.74) is 0.966. The highest BCUT2D eigenvalue weighted by atomic mass is 32.2. The topological polar surface area (TPSA) is 58.1 Å². The van der Waals surface area contributed by atoms with Crippen molar-refractivity contribution in [2.75, 3.05) is 36.0 Å². The second kappa shape index (κ2) is 6.80. The van der Waals surface area contributed by atoms with E-state index in [1.165, 1.54) is 0 Å². The smallest absolute Gasteiger partial charge is 0.151 e. The average Bonchev–Trinajstić information content (AvgIpc) is 2.41. The van der Waals surface area contributed by atoms with Crippen LogP contribution in [0.25, 0.3) is 0 Å². The highest BCUT2D eigenvalue weighted by molar-refractivity contribution is 7.85. The summed E-state index contributed by atoms with van der Waals surface area (Å²) in [5, 5.41) is 11.8. The van der Waals surface area contributed by atoms with Gasteiger partial charge in [-0.15, -0.1) is 5.10 Å². The largest absolute Gasteiger partial charge is 0.353 e. The van der Waals surface area contributed by atoms with Crippen LogP contribution in [0.3, 0.4) is 0 Å². The van der Waals surface area contributed by atoms with Gasteiger partial charge in [-0.3, -0.25) is 4.21 Å². The second-order valence-electron chi connectivity index (χ2n) is 4.39. The van der Waals surface area contributed by atoms with Gasteiger partial charge in [0.1, 0.15) is 0 Å². The molecule has 0 saturated carbocycles. The Morgan fingerprint density at radius 1 is 1.33 bits per heavy atom. The van der Waals surface area contributed by atoms with Crippen LogP contribution in [0.5, 0.6) is 0 Å². The van der Waals surface area contributed by atoms with Crippen LogP contribution in [-0.2, 0) is 17.3 Å². The molecule has 1 aromatic heterocycles. The van der Waals surface area contributed by atoms with E-state index in [0.29, 0.717) is 0 Å². The SMILES string of the molecule is CCCNCc1ccc(N2CCS(=O)CC2)nn1. The zero-order chi connectivity index (χ0) is 12.8. The van der Waals surface area contributed by atoms with Crippen LogP contribution in [0.1, 0.15) is 19.0 Å². The summed E-state index contributed by atoms with van der Waals surface area (Å²) in [5.74, 6) is 2.37. The summed E-state index contributed by atoms with van der Waals surface area (Å²) < 4.78 is 11.3. The molecule has 0 spiro atoms. The van der Waals surface area contributed by atoms with E-state index in [9.17, 15) is 4.21 Å². The predicted molar refractivity (Wildman–Crippen MR) is 74.1 cm³/mol. The molecule has 0 atom stereocenters. The maximum absolute atomic E-state index is 11.3. The molecule has 0 amide bonds. The van der Waals surface area contributed by atoms with Gasteiger partial charge in [0.05, 0.1) is 5.69 Å². The lowest BCUT2D eigenvalue weighted by molar-refractivity contribution is 0.653.